The zero-order valence-electron chi connectivity index (χ0n) is 10.5. The Morgan fingerprint density at radius 2 is 1.36 bits per heavy atom. The minimum Gasteiger partial charge on any atom is -0.397 e. The van der Waals surface area contributed by atoms with Crippen LogP contribution in [0.5, 0.6) is 0 Å². The molecule has 0 bridgehead atoms. The van der Waals surface area contributed by atoms with Gasteiger partial charge in [0.15, 0.2) is 0 Å². The van der Waals surface area contributed by atoms with Crippen molar-refractivity contribution < 1.29 is 10.2 Å². The van der Waals surface area contributed by atoms with Crippen molar-refractivity contribution in [1.82, 2.24) is 0 Å². The van der Waals surface area contributed by atoms with E-state index < -0.39 is 0 Å². The summed E-state index contributed by atoms with van der Waals surface area (Å²) in [5.74, 6) is 1.90. The lowest BCUT2D eigenvalue weighted by Crippen LogP contribution is -2.13. The summed E-state index contributed by atoms with van der Waals surface area (Å²) in [6, 6.07) is 0. The Balaban J connectivity index is 0. The second kappa shape index (κ2) is 11.0. The van der Waals surface area contributed by atoms with Gasteiger partial charge in [0.2, 0.25) is 0 Å². The van der Waals surface area contributed by atoms with E-state index in [1.807, 2.05) is 0 Å². The van der Waals surface area contributed by atoms with Crippen LogP contribution in [0.1, 0.15) is 47.5 Å². The molecule has 0 aliphatic carbocycles. The summed E-state index contributed by atoms with van der Waals surface area (Å²) >= 11 is 0. The molecule has 88 valence electrons. The van der Waals surface area contributed by atoms with Crippen LogP contribution in [0.2, 0.25) is 0 Å². The van der Waals surface area contributed by atoms with E-state index in [2.05, 4.69) is 27.7 Å². The second-order valence-corrected chi connectivity index (χ2v) is 4.47. The standard InChI is InChI=1S/C10H22O.C2H6O/c1-8(2)5-6-10(7-11)9(3)4;1-2-3/h8-11H,5-7H2,1-4H3;3H,2H2,1H3. The van der Waals surface area contributed by atoms with Gasteiger partial charge in [-0.05, 0) is 31.1 Å². The molecule has 0 aromatic heterocycles. The maximum Gasteiger partial charge on any atom is 0.0461 e. The molecule has 1 atom stereocenters. The van der Waals surface area contributed by atoms with Crippen molar-refractivity contribution in [3.8, 4) is 0 Å². The average molecular weight is 204 g/mol. The van der Waals surface area contributed by atoms with Gasteiger partial charge in [-0.2, -0.15) is 0 Å². The molecule has 0 aliphatic heterocycles. The van der Waals surface area contributed by atoms with Gasteiger partial charge in [0.05, 0.1) is 0 Å². The lowest BCUT2D eigenvalue weighted by atomic mass is 9.89. The van der Waals surface area contributed by atoms with Gasteiger partial charge in [-0.1, -0.05) is 34.1 Å². The van der Waals surface area contributed by atoms with Gasteiger partial charge < -0.3 is 10.2 Å². The van der Waals surface area contributed by atoms with E-state index in [4.69, 9.17) is 10.2 Å². The maximum absolute atomic E-state index is 9.01. The molecule has 14 heavy (non-hydrogen) atoms. The van der Waals surface area contributed by atoms with Crippen LogP contribution in [0.4, 0.5) is 0 Å². The zero-order valence-corrected chi connectivity index (χ0v) is 10.5. The first-order valence-corrected chi connectivity index (χ1v) is 5.71. The van der Waals surface area contributed by atoms with Gasteiger partial charge in [0, 0.05) is 13.2 Å². The molecule has 0 heterocycles. The monoisotopic (exact) mass is 204 g/mol. The fourth-order valence-electron chi connectivity index (χ4n) is 1.18. The lowest BCUT2D eigenvalue weighted by molar-refractivity contribution is 0.175. The molecule has 0 spiro atoms. The van der Waals surface area contributed by atoms with Crippen molar-refractivity contribution in [2.75, 3.05) is 13.2 Å². The van der Waals surface area contributed by atoms with Crippen molar-refractivity contribution in [2.45, 2.75) is 47.5 Å². The first kappa shape index (κ1) is 16.4. The molecule has 0 fully saturated rings. The number of hydrogen-bond acceptors (Lipinski definition) is 2. The van der Waals surface area contributed by atoms with E-state index in [9.17, 15) is 0 Å². The highest BCUT2D eigenvalue weighted by molar-refractivity contribution is 4.62. The Bertz CT molecular complexity index is 100. The molecule has 0 aromatic rings. The van der Waals surface area contributed by atoms with Crippen LogP contribution in [-0.2, 0) is 0 Å². The van der Waals surface area contributed by atoms with Gasteiger partial charge in [0.1, 0.15) is 0 Å². The molecule has 1 unspecified atom stereocenters. The number of aliphatic hydroxyl groups is 2. The summed E-state index contributed by atoms with van der Waals surface area (Å²) in [5.41, 5.74) is 0. The summed E-state index contributed by atoms with van der Waals surface area (Å²) in [5, 5.41) is 16.6. The molecule has 0 saturated carbocycles. The predicted molar refractivity (Wildman–Crippen MR) is 62.2 cm³/mol. The van der Waals surface area contributed by atoms with Crippen molar-refractivity contribution in [3.63, 3.8) is 0 Å². The van der Waals surface area contributed by atoms with Gasteiger partial charge in [-0.3, -0.25) is 0 Å². The Morgan fingerprint density at radius 1 is 0.929 bits per heavy atom. The highest BCUT2D eigenvalue weighted by Crippen LogP contribution is 2.18. The number of rotatable bonds is 5. The minimum absolute atomic E-state index is 0.250. The summed E-state index contributed by atoms with van der Waals surface area (Å²) in [6.07, 6.45) is 2.41. The van der Waals surface area contributed by atoms with Crippen LogP contribution in [-0.4, -0.2) is 23.4 Å². The largest absolute Gasteiger partial charge is 0.397 e. The molecule has 0 aromatic carbocycles. The summed E-state index contributed by atoms with van der Waals surface area (Å²) in [6.45, 7) is 11.1. The Hall–Kier alpha value is -0.0800. The van der Waals surface area contributed by atoms with E-state index in [0.29, 0.717) is 18.4 Å². The zero-order chi connectivity index (χ0) is 11.6. The Morgan fingerprint density at radius 3 is 1.57 bits per heavy atom. The normalized spacial score (nSPS) is 12.6. The third-order valence-electron chi connectivity index (χ3n) is 2.29. The van der Waals surface area contributed by atoms with Crippen LogP contribution in [0.3, 0.4) is 0 Å². The number of hydrogen-bond donors (Lipinski definition) is 2. The fourth-order valence-corrected chi connectivity index (χ4v) is 1.18. The molecule has 0 rings (SSSR count). The molecule has 0 saturated heterocycles. The molecular formula is C12H28O2. The average Bonchev–Trinajstić information content (AvgIpc) is 2.05. The predicted octanol–water partition coefficient (Wildman–Crippen LogP) is 2.69. The van der Waals surface area contributed by atoms with Crippen molar-refractivity contribution in [3.05, 3.63) is 0 Å². The van der Waals surface area contributed by atoms with Crippen molar-refractivity contribution in [2.24, 2.45) is 17.8 Å². The first-order chi connectivity index (χ1) is 6.49. The summed E-state index contributed by atoms with van der Waals surface area (Å²) in [4.78, 5) is 0. The fraction of sp³-hybridized carbons (Fsp3) is 1.00. The van der Waals surface area contributed by atoms with E-state index in [1.165, 1.54) is 12.8 Å². The highest BCUT2D eigenvalue weighted by atomic mass is 16.3. The van der Waals surface area contributed by atoms with Crippen LogP contribution < -0.4 is 0 Å². The van der Waals surface area contributed by atoms with E-state index in [0.717, 1.165) is 5.92 Å². The molecule has 2 nitrogen and oxygen atoms in total. The molecule has 0 aliphatic rings. The number of aliphatic hydroxyl groups excluding tert-OH is 2. The van der Waals surface area contributed by atoms with Crippen LogP contribution in [0, 0.1) is 17.8 Å². The van der Waals surface area contributed by atoms with E-state index in [-0.39, 0.29) is 6.61 Å². The Kier molecular flexibility index (Phi) is 12.8. The molecule has 0 amide bonds. The van der Waals surface area contributed by atoms with Gasteiger partial charge in [-0.15, -0.1) is 0 Å². The minimum atomic E-state index is 0.250. The summed E-state index contributed by atoms with van der Waals surface area (Å²) < 4.78 is 0. The molecular weight excluding hydrogens is 176 g/mol. The van der Waals surface area contributed by atoms with E-state index >= 15 is 0 Å². The molecule has 2 heteroatoms. The Labute approximate surface area is 89.3 Å². The van der Waals surface area contributed by atoms with Gasteiger partial charge in [0.25, 0.3) is 0 Å². The van der Waals surface area contributed by atoms with E-state index in [1.54, 1.807) is 6.92 Å². The molecule has 0 radical (unpaired) electrons. The third-order valence-corrected chi connectivity index (χ3v) is 2.29. The lowest BCUT2D eigenvalue weighted by Gasteiger charge is -2.18. The van der Waals surface area contributed by atoms with Crippen LogP contribution in [0.25, 0.3) is 0 Å². The van der Waals surface area contributed by atoms with Crippen LogP contribution in [0.15, 0.2) is 0 Å². The van der Waals surface area contributed by atoms with Crippen LogP contribution >= 0.6 is 0 Å². The maximum atomic E-state index is 9.01. The third kappa shape index (κ3) is 11.9. The topological polar surface area (TPSA) is 40.5 Å². The summed E-state index contributed by atoms with van der Waals surface area (Å²) in [7, 11) is 0. The quantitative estimate of drug-likeness (QED) is 0.723. The first-order valence-electron chi connectivity index (χ1n) is 5.71. The van der Waals surface area contributed by atoms with Crippen molar-refractivity contribution >= 4 is 0 Å². The van der Waals surface area contributed by atoms with Gasteiger partial charge in [-0.25, -0.2) is 0 Å². The second-order valence-electron chi connectivity index (χ2n) is 4.47. The smallest absolute Gasteiger partial charge is 0.0461 e. The van der Waals surface area contributed by atoms with Crippen molar-refractivity contribution in [1.29, 1.82) is 0 Å². The van der Waals surface area contributed by atoms with Gasteiger partial charge >= 0.3 is 0 Å². The highest BCUT2D eigenvalue weighted by Gasteiger charge is 2.11. The SMILES string of the molecule is CC(C)CCC(CO)C(C)C.CCO. The molecule has 2 N–H and O–H groups in total.